The molecule has 1 nitrogen and oxygen atoms in total. The van der Waals surface area contributed by atoms with Crippen LogP contribution in [0.4, 0.5) is 0 Å². The summed E-state index contributed by atoms with van der Waals surface area (Å²) >= 11 is 12.3. The molecule has 0 saturated heterocycles. The Morgan fingerprint density at radius 3 is 2.53 bits per heavy atom. The Hall–Kier alpha value is -0.240. The number of benzene rings is 1. The summed E-state index contributed by atoms with van der Waals surface area (Å²) in [5, 5.41) is 5.08. The molecule has 0 radical (unpaired) electrons. The van der Waals surface area contributed by atoms with E-state index in [-0.39, 0.29) is 0 Å². The highest BCUT2D eigenvalue weighted by Gasteiger charge is 2.32. The Kier molecular flexibility index (Phi) is 5.56. The van der Waals surface area contributed by atoms with Crippen LogP contribution in [0, 0.1) is 5.41 Å². The van der Waals surface area contributed by atoms with Crippen LogP contribution in [0.2, 0.25) is 10.0 Å². The minimum atomic E-state index is 0.381. The maximum Gasteiger partial charge on any atom is 0.0453 e. The second-order valence-corrected chi connectivity index (χ2v) is 6.60. The lowest BCUT2D eigenvalue weighted by molar-refractivity contribution is 0.182. The third-order valence-electron chi connectivity index (χ3n) is 4.24. The Balaban J connectivity index is 2.14. The number of rotatable bonds is 5. The standard InChI is InChI=1S/C16H23Cl2N/c1-2-19-12-16(8-4-3-5-9-16)11-13-6-7-14(17)10-15(13)18/h6-7,10,19H,2-5,8-9,11-12H2,1H3. The fourth-order valence-corrected chi connectivity index (χ4v) is 3.65. The minimum Gasteiger partial charge on any atom is -0.316 e. The predicted molar refractivity (Wildman–Crippen MR) is 84.2 cm³/mol. The molecule has 1 aliphatic carbocycles. The van der Waals surface area contributed by atoms with Gasteiger partial charge in [-0.3, -0.25) is 0 Å². The molecule has 1 aromatic rings. The lowest BCUT2D eigenvalue weighted by Crippen LogP contribution is -2.38. The zero-order valence-electron chi connectivity index (χ0n) is 11.6. The molecular weight excluding hydrogens is 277 g/mol. The molecule has 0 bridgehead atoms. The van der Waals surface area contributed by atoms with Crippen molar-refractivity contribution in [3.05, 3.63) is 33.8 Å². The minimum absolute atomic E-state index is 0.381. The summed E-state index contributed by atoms with van der Waals surface area (Å²) in [6, 6.07) is 5.90. The number of hydrogen-bond acceptors (Lipinski definition) is 1. The Morgan fingerprint density at radius 1 is 1.16 bits per heavy atom. The largest absolute Gasteiger partial charge is 0.316 e. The van der Waals surface area contributed by atoms with Crippen molar-refractivity contribution in [2.45, 2.75) is 45.4 Å². The molecule has 1 fully saturated rings. The van der Waals surface area contributed by atoms with E-state index in [1.165, 1.54) is 37.7 Å². The van der Waals surface area contributed by atoms with Crippen LogP contribution in [0.25, 0.3) is 0 Å². The summed E-state index contributed by atoms with van der Waals surface area (Å²) in [5.74, 6) is 0. The third-order valence-corrected chi connectivity index (χ3v) is 4.83. The molecule has 0 aliphatic heterocycles. The summed E-state index contributed by atoms with van der Waals surface area (Å²) < 4.78 is 0. The van der Waals surface area contributed by atoms with Gasteiger partial charge in [0, 0.05) is 16.6 Å². The predicted octanol–water partition coefficient (Wildman–Crippen LogP) is 5.10. The van der Waals surface area contributed by atoms with Gasteiger partial charge in [-0.1, -0.05) is 55.5 Å². The lowest BCUT2D eigenvalue weighted by Gasteiger charge is -2.38. The first-order valence-corrected chi connectivity index (χ1v) is 8.05. The Morgan fingerprint density at radius 2 is 1.89 bits per heavy atom. The lowest BCUT2D eigenvalue weighted by atomic mass is 9.70. The van der Waals surface area contributed by atoms with Gasteiger partial charge in [0.2, 0.25) is 0 Å². The molecule has 1 aliphatic rings. The van der Waals surface area contributed by atoms with E-state index >= 15 is 0 Å². The van der Waals surface area contributed by atoms with Crippen molar-refractivity contribution in [3.8, 4) is 0 Å². The number of hydrogen-bond donors (Lipinski definition) is 1. The van der Waals surface area contributed by atoms with Gasteiger partial charge in [-0.2, -0.15) is 0 Å². The van der Waals surface area contributed by atoms with Crippen molar-refractivity contribution in [2.24, 2.45) is 5.41 Å². The highest BCUT2D eigenvalue weighted by molar-refractivity contribution is 6.35. The van der Waals surface area contributed by atoms with E-state index in [9.17, 15) is 0 Å². The van der Waals surface area contributed by atoms with Crippen molar-refractivity contribution in [1.29, 1.82) is 0 Å². The number of nitrogens with one attached hydrogen (secondary N) is 1. The molecule has 0 unspecified atom stereocenters. The average molecular weight is 300 g/mol. The van der Waals surface area contributed by atoms with Crippen LogP contribution >= 0.6 is 23.2 Å². The van der Waals surface area contributed by atoms with Crippen molar-refractivity contribution < 1.29 is 0 Å². The first-order valence-electron chi connectivity index (χ1n) is 7.30. The fraction of sp³-hybridized carbons (Fsp3) is 0.625. The molecule has 0 spiro atoms. The molecule has 19 heavy (non-hydrogen) atoms. The van der Waals surface area contributed by atoms with Crippen LogP contribution in [0.3, 0.4) is 0 Å². The van der Waals surface area contributed by atoms with Crippen LogP contribution < -0.4 is 5.32 Å². The van der Waals surface area contributed by atoms with Crippen LogP contribution in [0.15, 0.2) is 18.2 Å². The van der Waals surface area contributed by atoms with E-state index in [2.05, 4.69) is 18.3 Å². The second-order valence-electron chi connectivity index (χ2n) is 5.75. The third kappa shape index (κ3) is 4.11. The quantitative estimate of drug-likeness (QED) is 0.798. The van der Waals surface area contributed by atoms with Crippen molar-refractivity contribution >= 4 is 23.2 Å². The summed E-state index contributed by atoms with van der Waals surface area (Å²) in [5.41, 5.74) is 1.62. The Bertz CT molecular complexity index is 411. The zero-order chi connectivity index (χ0) is 13.7. The molecule has 0 aromatic heterocycles. The van der Waals surface area contributed by atoms with Crippen LogP contribution in [0.1, 0.15) is 44.6 Å². The van der Waals surface area contributed by atoms with E-state index in [0.717, 1.165) is 29.6 Å². The van der Waals surface area contributed by atoms with E-state index in [1.54, 1.807) is 0 Å². The van der Waals surface area contributed by atoms with Crippen LogP contribution in [-0.4, -0.2) is 13.1 Å². The van der Waals surface area contributed by atoms with E-state index in [0.29, 0.717) is 5.41 Å². The van der Waals surface area contributed by atoms with Gasteiger partial charge in [-0.05, 0) is 48.9 Å². The van der Waals surface area contributed by atoms with Crippen molar-refractivity contribution in [1.82, 2.24) is 5.32 Å². The zero-order valence-corrected chi connectivity index (χ0v) is 13.2. The molecule has 2 rings (SSSR count). The fourth-order valence-electron chi connectivity index (χ4n) is 3.18. The van der Waals surface area contributed by atoms with E-state index < -0.39 is 0 Å². The summed E-state index contributed by atoms with van der Waals surface area (Å²) in [4.78, 5) is 0. The summed E-state index contributed by atoms with van der Waals surface area (Å²) in [6.07, 6.45) is 7.74. The molecule has 0 atom stereocenters. The van der Waals surface area contributed by atoms with Gasteiger partial charge in [0.25, 0.3) is 0 Å². The molecule has 106 valence electrons. The molecule has 3 heteroatoms. The average Bonchev–Trinajstić information content (AvgIpc) is 2.41. The molecule has 1 saturated carbocycles. The normalized spacial score (nSPS) is 18.5. The van der Waals surface area contributed by atoms with E-state index in [4.69, 9.17) is 23.2 Å². The summed E-state index contributed by atoms with van der Waals surface area (Å²) in [6.45, 7) is 4.31. The first-order chi connectivity index (χ1) is 9.15. The Labute approximate surface area is 126 Å². The number of halogens is 2. The maximum absolute atomic E-state index is 6.34. The topological polar surface area (TPSA) is 12.0 Å². The molecule has 0 heterocycles. The maximum atomic E-state index is 6.34. The highest BCUT2D eigenvalue weighted by atomic mass is 35.5. The smallest absolute Gasteiger partial charge is 0.0453 e. The van der Waals surface area contributed by atoms with Gasteiger partial charge < -0.3 is 5.32 Å². The van der Waals surface area contributed by atoms with Gasteiger partial charge in [0.05, 0.1) is 0 Å². The SMILES string of the molecule is CCNCC1(Cc2ccc(Cl)cc2Cl)CCCCC1. The molecule has 1 N–H and O–H groups in total. The van der Waals surface area contributed by atoms with Gasteiger partial charge in [-0.25, -0.2) is 0 Å². The first kappa shape index (κ1) is 15.2. The van der Waals surface area contributed by atoms with E-state index in [1.807, 2.05) is 12.1 Å². The van der Waals surface area contributed by atoms with Crippen molar-refractivity contribution in [3.63, 3.8) is 0 Å². The van der Waals surface area contributed by atoms with Crippen molar-refractivity contribution in [2.75, 3.05) is 13.1 Å². The van der Waals surface area contributed by atoms with Gasteiger partial charge >= 0.3 is 0 Å². The van der Waals surface area contributed by atoms with Gasteiger partial charge in [0.1, 0.15) is 0 Å². The monoisotopic (exact) mass is 299 g/mol. The van der Waals surface area contributed by atoms with Crippen LogP contribution in [-0.2, 0) is 6.42 Å². The summed E-state index contributed by atoms with van der Waals surface area (Å²) in [7, 11) is 0. The molecular formula is C16H23Cl2N. The van der Waals surface area contributed by atoms with Gasteiger partial charge in [-0.15, -0.1) is 0 Å². The molecule has 0 amide bonds. The second kappa shape index (κ2) is 6.97. The highest BCUT2D eigenvalue weighted by Crippen LogP contribution is 2.40. The van der Waals surface area contributed by atoms with Crippen LogP contribution in [0.5, 0.6) is 0 Å². The van der Waals surface area contributed by atoms with Gasteiger partial charge in [0.15, 0.2) is 0 Å². The molecule has 1 aromatic carbocycles.